The highest BCUT2D eigenvalue weighted by Crippen LogP contribution is 2.31. The molecule has 1 aromatic carbocycles. The predicted molar refractivity (Wildman–Crippen MR) is 100 cm³/mol. The van der Waals surface area contributed by atoms with E-state index in [0.29, 0.717) is 25.7 Å². The van der Waals surface area contributed by atoms with Gasteiger partial charge in [-0.05, 0) is 59.6 Å². The van der Waals surface area contributed by atoms with E-state index >= 15 is 0 Å². The van der Waals surface area contributed by atoms with Crippen LogP contribution in [-0.2, 0) is 16.4 Å². The molecule has 3 aromatic rings. The zero-order valence-corrected chi connectivity index (χ0v) is 15.9. The second kappa shape index (κ2) is 6.55. The van der Waals surface area contributed by atoms with E-state index in [0.717, 1.165) is 31.6 Å². The molecule has 4 rings (SSSR count). The number of sulfone groups is 1. The van der Waals surface area contributed by atoms with Crippen molar-refractivity contribution in [1.82, 2.24) is 14.9 Å². The predicted octanol–water partition coefficient (Wildman–Crippen LogP) is 3.24. The Labute approximate surface area is 155 Å². The van der Waals surface area contributed by atoms with Gasteiger partial charge in [0.15, 0.2) is 0 Å². The Hall–Kier alpha value is -1.70. The molecule has 1 aliphatic rings. The molecule has 1 saturated heterocycles. The van der Waals surface area contributed by atoms with Crippen molar-refractivity contribution in [2.24, 2.45) is 5.92 Å². The van der Waals surface area contributed by atoms with Crippen LogP contribution in [0.4, 0.5) is 0 Å². The highest BCUT2D eigenvalue weighted by Gasteiger charge is 2.25. The van der Waals surface area contributed by atoms with E-state index in [1.54, 1.807) is 36.7 Å². The molecule has 0 saturated carbocycles. The maximum Gasteiger partial charge on any atom is 0.208 e. The van der Waals surface area contributed by atoms with Gasteiger partial charge in [0.2, 0.25) is 9.84 Å². The van der Waals surface area contributed by atoms with Crippen LogP contribution in [-0.4, -0.2) is 31.1 Å². The largest absolute Gasteiger partial charge is 0.346 e. The molecule has 1 unspecified atom stereocenters. The van der Waals surface area contributed by atoms with Gasteiger partial charge in [0.25, 0.3) is 0 Å². The summed E-state index contributed by atoms with van der Waals surface area (Å²) in [7, 11) is -3.58. The third-order valence-corrected chi connectivity index (χ3v) is 6.89. The Balaban J connectivity index is 1.87. The van der Waals surface area contributed by atoms with E-state index in [4.69, 9.17) is 0 Å². The third kappa shape index (κ3) is 3.12. The maximum absolute atomic E-state index is 13.1. The lowest BCUT2D eigenvalue weighted by Gasteiger charge is -2.10. The van der Waals surface area contributed by atoms with Gasteiger partial charge in [-0.25, -0.2) is 13.4 Å². The second-order valence-electron chi connectivity index (χ2n) is 6.35. The van der Waals surface area contributed by atoms with E-state index in [9.17, 15) is 8.42 Å². The average molecular weight is 420 g/mol. The fraction of sp³-hybridized carbons (Fsp3) is 0.278. The molecule has 1 atom stereocenters. The fourth-order valence-electron chi connectivity index (χ4n) is 3.37. The number of benzene rings is 1. The Kier molecular flexibility index (Phi) is 4.39. The summed E-state index contributed by atoms with van der Waals surface area (Å²) in [6, 6.07) is 10.4. The molecule has 0 bridgehead atoms. The highest BCUT2D eigenvalue weighted by molar-refractivity contribution is 9.10. The Morgan fingerprint density at radius 1 is 1.28 bits per heavy atom. The molecule has 0 amide bonds. The summed E-state index contributed by atoms with van der Waals surface area (Å²) in [5.41, 5.74) is 0.892. The van der Waals surface area contributed by atoms with E-state index in [1.165, 1.54) is 0 Å². The summed E-state index contributed by atoms with van der Waals surface area (Å²) in [4.78, 5) is 4.87. The number of rotatable bonds is 4. The van der Waals surface area contributed by atoms with Crippen LogP contribution in [0.15, 0.2) is 63.2 Å². The molecular weight excluding hydrogens is 402 g/mol. The first-order valence-electron chi connectivity index (χ1n) is 8.21. The van der Waals surface area contributed by atoms with Crippen LogP contribution >= 0.6 is 15.9 Å². The van der Waals surface area contributed by atoms with Crippen LogP contribution in [0.25, 0.3) is 10.9 Å². The van der Waals surface area contributed by atoms with Gasteiger partial charge < -0.3 is 9.88 Å². The first-order valence-corrected chi connectivity index (χ1v) is 10.5. The maximum atomic E-state index is 13.1. The first-order chi connectivity index (χ1) is 12.1. The fourth-order valence-corrected chi connectivity index (χ4v) is 5.17. The third-order valence-electron chi connectivity index (χ3n) is 4.66. The smallest absolute Gasteiger partial charge is 0.208 e. The van der Waals surface area contributed by atoms with Crippen molar-refractivity contribution in [3.8, 4) is 0 Å². The molecule has 3 heterocycles. The summed E-state index contributed by atoms with van der Waals surface area (Å²) in [5, 5.41) is 4.03. The topological polar surface area (TPSA) is 64.0 Å². The standard InChI is InChI=1S/C18H18BrN3O2S/c19-18-8-16-15(10-21-18)17(12-22(16)11-13-6-7-20-9-13)25(23,24)14-4-2-1-3-5-14/h1-5,8,10,12-13,20H,6-7,9,11H2. The number of pyridine rings is 1. The molecule has 7 heteroatoms. The van der Waals surface area contributed by atoms with Crippen LogP contribution in [0.3, 0.4) is 0 Å². The van der Waals surface area contributed by atoms with Crippen LogP contribution in [0.1, 0.15) is 6.42 Å². The zero-order chi connectivity index (χ0) is 17.4. The highest BCUT2D eigenvalue weighted by atomic mass is 79.9. The van der Waals surface area contributed by atoms with Crippen molar-refractivity contribution in [2.75, 3.05) is 13.1 Å². The number of hydrogen-bond acceptors (Lipinski definition) is 4. The molecule has 1 N–H and O–H groups in total. The summed E-state index contributed by atoms with van der Waals surface area (Å²) < 4.78 is 29.0. The molecule has 130 valence electrons. The molecule has 0 spiro atoms. The van der Waals surface area contributed by atoms with Crippen LogP contribution in [0.2, 0.25) is 0 Å². The second-order valence-corrected chi connectivity index (χ2v) is 9.08. The lowest BCUT2D eigenvalue weighted by atomic mass is 10.1. The van der Waals surface area contributed by atoms with Gasteiger partial charge in [0.1, 0.15) is 4.60 Å². The van der Waals surface area contributed by atoms with Crippen LogP contribution < -0.4 is 5.32 Å². The molecule has 1 aliphatic heterocycles. The SMILES string of the molecule is O=S(=O)(c1ccccc1)c1cn(CC2CCNC2)c2cc(Br)ncc12. The van der Waals surface area contributed by atoms with Crippen molar-refractivity contribution in [3.63, 3.8) is 0 Å². The van der Waals surface area contributed by atoms with Gasteiger partial charge in [-0.2, -0.15) is 0 Å². The summed E-state index contributed by atoms with van der Waals surface area (Å²) in [6.45, 7) is 2.78. The van der Waals surface area contributed by atoms with Crippen molar-refractivity contribution >= 4 is 36.7 Å². The minimum Gasteiger partial charge on any atom is -0.346 e. The average Bonchev–Trinajstić information content (AvgIpc) is 3.24. The van der Waals surface area contributed by atoms with E-state index in [-0.39, 0.29) is 0 Å². The molecule has 0 aliphatic carbocycles. The van der Waals surface area contributed by atoms with Gasteiger partial charge in [-0.15, -0.1) is 0 Å². The number of nitrogens with zero attached hydrogens (tertiary/aromatic N) is 2. The Morgan fingerprint density at radius 3 is 2.80 bits per heavy atom. The molecule has 2 aromatic heterocycles. The van der Waals surface area contributed by atoms with E-state index < -0.39 is 9.84 Å². The van der Waals surface area contributed by atoms with Gasteiger partial charge in [0, 0.05) is 24.3 Å². The molecule has 5 nitrogen and oxygen atoms in total. The van der Waals surface area contributed by atoms with Gasteiger partial charge in [-0.1, -0.05) is 18.2 Å². The monoisotopic (exact) mass is 419 g/mol. The minimum absolute atomic E-state index is 0.305. The van der Waals surface area contributed by atoms with E-state index in [1.807, 2.05) is 12.1 Å². The van der Waals surface area contributed by atoms with Crippen molar-refractivity contribution in [3.05, 3.63) is 53.4 Å². The van der Waals surface area contributed by atoms with Gasteiger partial charge in [-0.3, -0.25) is 0 Å². The van der Waals surface area contributed by atoms with Crippen molar-refractivity contribution in [2.45, 2.75) is 22.8 Å². The van der Waals surface area contributed by atoms with Crippen LogP contribution in [0.5, 0.6) is 0 Å². The zero-order valence-electron chi connectivity index (χ0n) is 13.5. The lowest BCUT2D eigenvalue weighted by molar-refractivity contribution is 0.489. The van der Waals surface area contributed by atoms with Crippen molar-refractivity contribution in [1.29, 1.82) is 0 Å². The van der Waals surface area contributed by atoms with Crippen molar-refractivity contribution < 1.29 is 8.42 Å². The molecule has 0 radical (unpaired) electrons. The van der Waals surface area contributed by atoms with Crippen LogP contribution in [0, 0.1) is 5.92 Å². The summed E-state index contributed by atoms with van der Waals surface area (Å²) in [6.07, 6.45) is 4.50. The number of nitrogens with one attached hydrogen (secondary N) is 1. The number of hydrogen-bond donors (Lipinski definition) is 1. The Bertz CT molecular complexity index is 1010. The Morgan fingerprint density at radius 2 is 2.08 bits per heavy atom. The van der Waals surface area contributed by atoms with E-state index in [2.05, 4.69) is 30.8 Å². The molecule has 1 fully saturated rings. The molecular formula is C18H18BrN3O2S. The summed E-state index contributed by atoms with van der Waals surface area (Å²) in [5.74, 6) is 0.509. The first kappa shape index (κ1) is 16.8. The normalized spacial score (nSPS) is 18.0. The van der Waals surface area contributed by atoms with Gasteiger partial charge >= 0.3 is 0 Å². The minimum atomic E-state index is -3.58. The van der Waals surface area contributed by atoms with Gasteiger partial charge in [0.05, 0.1) is 15.3 Å². The number of aromatic nitrogens is 2. The lowest BCUT2D eigenvalue weighted by Crippen LogP contribution is -2.14. The summed E-state index contributed by atoms with van der Waals surface area (Å²) >= 11 is 3.40. The quantitative estimate of drug-likeness (QED) is 0.659. The molecule has 25 heavy (non-hydrogen) atoms. The number of halogens is 1. The number of fused-ring (bicyclic) bond motifs is 1.